The van der Waals surface area contributed by atoms with Crippen LogP contribution in [-0.2, 0) is 4.79 Å². The third kappa shape index (κ3) is 3.27. The van der Waals surface area contributed by atoms with Crippen LogP contribution in [0.5, 0.6) is 0 Å². The summed E-state index contributed by atoms with van der Waals surface area (Å²) in [7, 11) is 1.69. The van der Waals surface area contributed by atoms with E-state index in [-0.39, 0.29) is 5.91 Å². The topological polar surface area (TPSA) is 44.4 Å². The standard InChI is InChI=1S/C10H21N3O/c1-3-13(7-5-10(14)11-2)9-4-6-12-8-9/h9,12H,3-8H2,1-2H3,(H,11,14). The summed E-state index contributed by atoms with van der Waals surface area (Å²) < 4.78 is 0. The zero-order valence-corrected chi connectivity index (χ0v) is 9.18. The Hall–Kier alpha value is -0.610. The van der Waals surface area contributed by atoms with Crippen LogP contribution in [0.1, 0.15) is 19.8 Å². The Bertz CT molecular complexity index is 178. The summed E-state index contributed by atoms with van der Waals surface area (Å²) in [5, 5.41) is 6.00. The van der Waals surface area contributed by atoms with E-state index in [2.05, 4.69) is 22.5 Å². The Morgan fingerprint density at radius 2 is 2.43 bits per heavy atom. The average Bonchev–Trinajstić information content (AvgIpc) is 2.72. The maximum atomic E-state index is 11.1. The van der Waals surface area contributed by atoms with Gasteiger partial charge in [0.15, 0.2) is 0 Å². The highest BCUT2D eigenvalue weighted by molar-refractivity contribution is 5.75. The number of rotatable bonds is 5. The van der Waals surface area contributed by atoms with Gasteiger partial charge < -0.3 is 10.6 Å². The highest BCUT2D eigenvalue weighted by Gasteiger charge is 2.20. The highest BCUT2D eigenvalue weighted by Crippen LogP contribution is 2.08. The molecule has 0 aromatic carbocycles. The van der Waals surface area contributed by atoms with Crippen LogP contribution in [0.3, 0.4) is 0 Å². The van der Waals surface area contributed by atoms with Gasteiger partial charge in [-0.15, -0.1) is 0 Å². The van der Waals surface area contributed by atoms with Crippen LogP contribution in [0.25, 0.3) is 0 Å². The van der Waals surface area contributed by atoms with Crippen LogP contribution in [0.15, 0.2) is 0 Å². The number of hydrogen-bond donors (Lipinski definition) is 2. The summed E-state index contributed by atoms with van der Waals surface area (Å²) in [6, 6.07) is 0.629. The van der Waals surface area contributed by atoms with Crippen molar-refractivity contribution in [3.8, 4) is 0 Å². The van der Waals surface area contributed by atoms with Gasteiger partial charge in [0.2, 0.25) is 5.91 Å². The number of amides is 1. The summed E-state index contributed by atoms with van der Waals surface area (Å²) in [6.07, 6.45) is 1.82. The van der Waals surface area contributed by atoms with Crippen LogP contribution in [0.2, 0.25) is 0 Å². The molecule has 1 fully saturated rings. The fraction of sp³-hybridized carbons (Fsp3) is 0.900. The SMILES string of the molecule is CCN(CCC(=O)NC)C1CCNC1. The fourth-order valence-corrected chi connectivity index (χ4v) is 1.92. The Labute approximate surface area is 86.0 Å². The van der Waals surface area contributed by atoms with Gasteiger partial charge in [-0.05, 0) is 19.5 Å². The van der Waals surface area contributed by atoms with Gasteiger partial charge in [-0.1, -0.05) is 6.92 Å². The van der Waals surface area contributed by atoms with Crippen molar-refractivity contribution >= 4 is 5.91 Å². The molecule has 1 aliphatic rings. The predicted octanol–water partition coefficient (Wildman–Crippen LogP) is -0.194. The van der Waals surface area contributed by atoms with Crippen LogP contribution < -0.4 is 10.6 Å². The van der Waals surface area contributed by atoms with Gasteiger partial charge >= 0.3 is 0 Å². The lowest BCUT2D eigenvalue weighted by Crippen LogP contribution is -2.39. The summed E-state index contributed by atoms with van der Waals surface area (Å²) >= 11 is 0. The van der Waals surface area contributed by atoms with Crippen molar-refractivity contribution in [3.05, 3.63) is 0 Å². The molecule has 0 bridgehead atoms. The van der Waals surface area contributed by atoms with Crippen molar-refractivity contribution in [3.63, 3.8) is 0 Å². The Kier molecular flexibility index (Phi) is 4.90. The van der Waals surface area contributed by atoms with E-state index in [1.54, 1.807) is 7.05 Å². The molecule has 4 nitrogen and oxygen atoms in total. The largest absolute Gasteiger partial charge is 0.359 e. The van der Waals surface area contributed by atoms with Crippen LogP contribution in [-0.4, -0.2) is 50.1 Å². The molecule has 0 aromatic rings. The third-order valence-corrected chi connectivity index (χ3v) is 2.86. The van der Waals surface area contributed by atoms with Crippen molar-refractivity contribution in [1.82, 2.24) is 15.5 Å². The van der Waals surface area contributed by atoms with E-state index < -0.39 is 0 Å². The molecule has 0 aromatic heterocycles. The molecule has 1 unspecified atom stereocenters. The average molecular weight is 199 g/mol. The zero-order valence-electron chi connectivity index (χ0n) is 9.18. The molecule has 1 atom stereocenters. The first kappa shape index (κ1) is 11.5. The molecular weight excluding hydrogens is 178 g/mol. The maximum absolute atomic E-state index is 11.1. The first-order chi connectivity index (χ1) is 6.77. The monoisotopic (exact) mass is 199 g/mol. The van der Waals surface area contributed by atoms with Crippen molar-refractivity contribution in [1.29, 1.82) is 0 Å². The first-order valence-electron chi connectivity index (χ1n) is 5.43. The number of carbonyl (C=O) groups is 1. The summed E-state index contributed by atoms with van der Waals surface area (Å²) in [5.74, 6) is 0.134. The first-order valence-corrected chi connectivity index (χ1v) is 5.43. The summed E-state index contributed by atoms with van der Waals surface area (Å²) in [6.45, 7) is 6.25. The summed E-state index contributed by atoms with van der Waals surface area (Å²) in [4.78, 5) is 13.5. The molecule has 1 amide bonds. The molecule has 14 heavy (non-hydrogen) atoms. The van der Waals surface area contributed by atoms with Gasteiger partial charge in [0, 0.05) is 32.6 Å². The van der Waals surface area contributed by atoms with Crippen LogP contribution >= 0.6 is 0 Å². The van der Waals surface area contributed by atoms with Gasteiger partial charge in [-0.2, -0.15) is 0 Å². The summed E-state index contributed by atoms with van der Waals surface area (Å²) in [5.41, 5.74) is 0. The van der Waals surface area contributed by atoms with E-state index in [1.807, 2.05) is 0 Å². The zero-order chi connectivity index (χ0) is 10.4. The van der Waals surface area contributed by atoms with E-state index in [4.69, 9.17) is 0 Å². The smallest absolute Gasteiger partial charge is 0.221 e. The van der Waals surface area contributed by atoms with Crippen molar-refractivity contribution in [2.24, 2.45) is 0 Å². The lowest BCUT2D eigenvalue weighted by molar-refractivity contribution is -0.121. The molecule has 1 rings (SSSR count). The van der Waals surface area contributed by atoms with Crippen molar-refractivity contribution in [2.75, 3.05) is 33.2 Å². The number of hydrogen-bond acceptors (Lipinski definition) is 3. The molecule has 0 radical (unpaired) electrons. The van der Waals surface area contributed by atoms with Gasteiger partial charge in [-0.3, -0.25) is 9.69 Å². The van der Waals surface area contributed by atoms with Crippen molar-refractivity contribution < 1.29 is 4.79 Å². The second-order valence-corrected chi connectivity index (χ2v) is 3.70. The molecule has 1 aliphatic heterocycles. The van der Waals surface area contributed by atoms with Gasteiger partial charge in [0.05, 0.1) is 0 Å². The van der Waals surface area contributed by atoms with E-state index in [1.165, 1.54) is 6.42 Å². The van der Waals surface area contributed by atoms with Gasteiger partial charge in [0.1, 0.15) is 0 Å². The lowest BCUT2D eigenvalue weighted by Gasteiger charge is -2.26. The van der Waals surface area contributed by atoms with Crippen LogP contribution in [0.4, 0.5) is 0 Å². The minimum absolute atomic E-state index is 0.134. The quantitative estimate of drug-likeness (QED) is 0.645. The molecule has 1 heterocycles. The van der Waals surface area contributed by atoms with Crippen LogP contribution in [0, 0.1) is 0 Å². The molecular formula is C10H21N3O. The molecule has 0 aliphatic carbocycles. The molecule has 1 saturated heterocycles. The minimum Gasteiger partial charge on any atom is -0.359 e. The molecule has 82 valence electrons. The Balaban J connectivity index is 2.27. The number of likely N-dealkylation sites (N-methyl/N-ethyl adjacent to an activating group) is 1. The fourth-order valence-electron chi connectivity index (χ4n) is 1.92. The molecule has 0 saturated carbocycles. The lowest BCUT2D eigenvalue weighted by atomic mass is 10.2. The normalized spacial score (nSPS) is 21.5. The van der Waals surface area contributed by atoms with Gasteiger partial charge in [-0.25, -0.2) is 0 Å². The van der Waals surface area contributed by atoms with E-state index >= 15 is 0 Å². The molecule has 0 spiro atoms. The predicted molar refractivity (Wildman–Crippen MR) is 57.2 cm³/mol. The minimum atomic E-state index is 0.134. The highest BCUT2D eigenvalue weighted by atomic mass is 16.1. The van der Waals surface area contributed by atoms with Crippen molar-refractivity contribution in [2.45, 2.75) is 25.8 Å². The Morgan fingerprint density at radius 3 is 2.93 bits per heavy atom. The number of carbonyl (C=O) groups excluding carboxylic acids is 1. The van der Waals surface area contributed by atoms with E-state index in [0.717, 1.165) is 26.2 Å². The number of nitrogens with one attached hydrogen (secondary N) is 2. The third-order valence-electron chi connectivity index (χ3n) is 2.86. The second-order valence-electron chi connectivity index (χ2n) is 3.70. The van der Waals surface area contributed by atoms with Gasteiger partial charge in [0.25, 0.3) is 0 Å². The van der Waals surface area contributed by atoms with E-state index in [0.29, 0.717) is 12.5 Å². The molecule has 4 heteroatoms. The maximum Gasteiger partial charge on any atom is 0.221 e. The Morgan fingerprint density at radius 1 is 1.64 bits per heavy atom. The van der Waals surface area contributed by atoms with E-state index in [9.17, 15) is 4.79 Å². The second kappa shape index (κ2) is 5.98. The number of nitrogens with zero attached hydrogens (tertiary/aromatic N) is 1. The molecule has 2 N–H and O–H groups in total.